The van der Waals surface area contributed by atoms with E-state index in [0.29, 0.717) is 31.2 Å². The van der Waals surface area contributed by atoms with Gasteiger partial charge in [0.1, 0.15) is 17.4 Å². The van der Waals surface area contributed by atoms with Gasteiger partial charge in [0.05, 0.1) is 5.41 Å². The first-order valence-corrected chi connectivity index (χ1v) is 5.84. The highest BCUT2D eigenvalue weighted by atomic mass is 19.1. The molecule has 0 radical (unpaired) electrons. The molecule has 0 amide bonds. The lowest BCUT2D eigenvalue weighted by atomic mass is 9.66. The van der Waals surface area contributed by atoms with Crippen molar-refractivity contribution in [3.63, 3.8) is 0 Å². The fourth-order valence-corrected chi connectivity index (χ4v) is 2.62. The molecular formula is C14H15FO2. The third kappa shape index (κ3) is 2.02. The van der Waals surface area contributed by atoms with Gasteiger partial charge in [-0.05, 0) is 25.8 Å². The van der Waals surface area contributed by atoms with Crippen molar-refractivity contribution >= 4 is 11.6 Å². The molecule has 0 atom stereocenters. The molecule has 0 saturated heterocycles. The second kappa shape index (κ2) is 4.40. The maximum atomic E-state index is 13.8. The van der Waals surface area contributed by atoms with Crippen LogP contribution in [0.1, 0.15) is 38.2 Å². The predicted octanol–water partition coefficient (Wildman–Crippen LogP) is 2.80. The minimum absolute atomic E-state index is 0.0462. The van der Waals surface area contributed by atoms with Crippen molar-refractivity contribution in [2.75, 3.05) is 0 Å². The smallest absolute Gasteiger partial charge is 0.140 e. The van der Waals surface area contributed by atoms with Crippen molar-refractivity contribution in [1.29, 1.82) is 0 Å². The van der Waals surface area contributed by atoms with Crippen molar-refractivity contribution in [1.82, 2.24) is 0 Å². The molecule has 1 aromatic rings. The fraction of sp³-hybridized carbons (Fsp3) is 0.429. The first kappa shape index (κ1) is 12.0. The number of hydrogen-bond donors (Lipinski definition) is 0. The van der Waals surface area contributed by atoms with Crippen LogP contribution in [0.3, 0.4) is 0 Å². The summed E-state index contributed by atoms with van der Waals surface area (Å²) in [7, 11) is 0. The highest BCUT2D eigenvalue weighted by Crippen LogP contribution is 2.40. The van der Waals surface area contributed by atoms with Crippen molar-refractivity contribution in [3.05, 3.63) is 35.6 Å². The Morgan fingerprint density at radius 2 is 1.82 bits per heavy atom. The number of benzene rings is 1. The molecule has 0 aromatic heterocycles. The van der Waals surface area contributed by atoms with Crippen molar-refractivity contribution in [2.45, 2.75) is 38.0 Å². The minimum Gasteiger partial charge on any atom is -0.300 e. The first-order valence-electron chi connectivity index (χ1n) is 5.84. The maximum Gasteiger partial charge on any atom is 0.140 e. The van der Waals surface area contributed by atoms with Gasteiger partial charge in [-0.25, -0.2) is 4.39 Å². The Bertz CT molecular complexity index is 455. The van der Waals surface area contributed by atoms with E-state index in [1.807, 2.05) is 0 Å². The Morgan fingerprint density at radius 1 is 1.24 bits per heavy atom. The van der Waals surface area contributed by atoms with Crippen LogP contribution in [0.5, 0.6) is 0 Å². The standard InChI is InChI=1S/C14H15FO2/c1-10(16)14(8-6-11(17)7-9-14)12-4-2-3-5-13(12)15/h2-5H,6-9H2,1H3. The Balaban J connectivity index is 2.46. The topological polar surface area (TPSA) is 34.1 Å². The fourth-order valence-electron chi connectivity index (χ4n) is 2.62. The molecule has 0 spiro atoms. The average Bonchev–Trinajstić information content (AvgIpc) is 2.31. The molecule has 1 aliphatic rings. The van der Waals surface area contributed by atoms with E-state index in [1.165, 1.54) is 13.0 Å². The zero-order chi connectivity index (χ0) is 12.5. The highest BCUT2D eigenvalue weighted by molar-refractivity contribution is 5.91. The Morgan fingerprint density at radius 3 is 2.35 bits per heavy atom. The van der Waals surface area contributed by atoms with Crippen LogP contribution in [0.2, 0.25) is 0 Å². The molecule has 0 N–H and O–H groups in total. The van der Waals surface area contributed by atoms with Crippen LogP contribution in [0.15, 0.2) is 24.3 Å². The molecular weight excluding hydrogens is 219 g/mol. The van der Waals surface area contributed by atoms with Crippen LogP contribution in [0.25, 0.3) is 0 Å². The minimum atomic E-state index is -0.792. The summed E-state index contributed by atoms with van der Waals surface area (Å²) in [5, 5.41) is 0. The summed E-state index contributed by atoms with van der Waals surface area (Å²) in [6.07, 6.45) is 1.60. The second-order valence-corrected chi connectivity index (χ2v) is 4.66. The number of rotatable bonds is 2. The molecule has 1 aliphatic carbocycles. The van der Waals surface area contributed by atoms with Gasteiger partial charge in [-0.2, -0.15) is 0 Å². The second-order valence-electron chi connectivity index (χ2n) is 4.66. The van der Waals surface area contributed by atoms with Gasteiger partial charge in [0, 0.05) is 18.4 Å². The van der Waals surface area contributed by atoms with E-state index in [4.69, 9.17) is 0 Å². The normalized spacial score (nSPS) is 19.1. The van der Waals surface area contributed by atoms with Crippen LogP contribution >= 0.6 is 0 Å². The van der Waals surface area contributed by atoms with Crippen molar-refractivity contribution in [2.24, 2.45) is 0 Å². The lowest BCUT2D eigenvalue weighted by Crippen LogP contribution is -2.39. The summed E-state index contributed by atoms with van der Waals surface area (Å²) in [5.74, 6) is -0.231. The Labute approximate surface area is 99.8 Å². The molecule has 0 aliphatic heterocycles. The lowest BCUT2D eigenvalue weighted by Gasteiger charge is -2.35. The number of halogens is 1. The van der Waals surface area contributed by atoms with E-state index in [1.54, 1.807) is 18.2 Å². The van der Waals surface area contributed by atoms with E-state index in [0.717, 1.165) is 0 Å². The molecule has 17 heavy (non-hydrogen) atoms. The van der Waals surface area contributed by atoms with E-state index in [9.17, 15) is 14.0 Å². The van der Waals surface area contributed by atoms with Crippen LogP contribution in [-0.2, 0) is 15.0 Å². The van der Waals surface area contributed by atoms with Gasteiger partial charge in [0.15, 0.2) is 0 Å². The third-order valence-corrected chi connectivity index (χ3v) is 3.72. The van der Waals surface area contributed by atoms with E-state index < -0.39 is 5.41 Å². The lowest BCUT2D eigenvalue weighted by molar-refractivity contribution is -0.127. The number of hydrogen-bond acceptors (Lipinski definition) is 2. The van der Waals surface area contributed by atoms with Crippen LogP contribution < -0.4 is 0 Å². The molecule has 2 nitrogen and oxygen atoms in total. The molecule has 0 unspecified atom stereocenters. The van der Waals surface area contributed by atoms with Crippen molar-refractivity contribution < 1.29 is 14.0 Å². The molecule has 1 saturated carbocycles. The molecule has 3 heteroatoms. The Hall–Kier alpha value is -1.51. The van der Waals surface area contributed by atoms with Gasteiger partial charge >= 0.3 is 0 Å². The largest absolute Gasteiger partial charge is 0.300 e. The van der Waals surface area contributed by atoms with E-state index in [-0.39, 0.29) is 17.4 Å². The van der Waals surface area contributed by atoms with E-state index >= 15 is 0 Å². The zero-order valence-corrected chi connectivity index (χ0v) is 9.83. The monoisotopic (exact) mass is 234 g/mol. The highest BCUT2D eigenvalue weighted by Gasteiger charge is 2.41. The van der Waals surface area contributed by atoms with Gasteiger partial charge in [0.25, 0.3) is 0 Å². The van der Waals surface area contributed by atoms with Crippen LogP contribution in [0, 0.1) is 5.82 Å². The summed E-state index contributed by atoms with van der Waals surface area (Å²) >= 11 is 0. The SMILES string of the molecule is CC(=O)C1(c2ccccc2F)CCC(=O)CC1. The summed E-state index contributed by atoms with van der Waals surface area (Å²) in [4.78, 5) is 23.2. The quantitative estimate of drug-likeness (QED) is 0.788. The van der Waals surface area contributed by atoms with E-state index in [2.05, 4.69) is 0 Å². The van der Waals surface area contributed by atoms with Crippen LogP contribution in [-0.4, -0.2) is 11.6 Å². The van der Waals surface area contributed by atoms with Gasteiger partial charge in [-0.1, -0.05) is 18.2 Å². The number of carbonyl (C=O) groups is 2. The van der Waals surface area contributed by atoms with Gasteiger partial charge < -0.3 is 0 Å². The molecule has 0 heterocycles. The maximum absolute atomic E-state index is 13.8. The number of Topliss-reactive ketones (excluding diaryl/α,β-unsaturated/α-hetero) is 2. The molecule has 90 valence electrons. The summed E-state index contributed by atoms with van der Waals surface area (Å²) < 4.78 is 13.8. The predicted molar refractivity (Wildman–Crippen MR) is 62.2 cm³/mol. The summed E-state index contributed by atoms with van der Waals surface area (Å²) in [5.41, 5.74) is -0.348. The van der Waals surface area contributed by atoms with Gasteiger partial charge in [0.2, 0.25) is 0 Å². The number of carbonyl (C=O) groups excluding carboxylic acids is 2. The number of ketones is 2. The summed E-state index contributed by atoms with van der Waals surface area (Å²) in [6.45, 7) is 1.49. The van der Waals surface area contributed by atoms with Gasteiger partial charge in [-0.15, -0.1) is 0 Å². The van der Waals surface area contributed by atoms with Crippen molar-refractivity contribution in [3.8, 4) is 0 Å². The molecule has 1 fully saturated rings. The van der Waals surface area contributed by atoms with Gasteiger partial charge in [-0.3, -0.25) is 9.59 Å². The molecule has 2 rings (SSSR count). The first-order chi connectivity index (χ1) is 8.06. The van der Waals surface area contributed by atoms with Crippen LogP contribution in [0.4, 0.5) is 4.39 Å². The third-order valence-electron chi connectivity index (χ3n) is 3.72. The summed E-state index contributed by atoms with van der Waals surface area (Å²) in [6, 6.07) is 6.38. The molecule has 0 bridgehead atoms. The Kier molecular flexibility index (Phi) is 3.09. The zero-order valence-electron chi connectivity index (χ0n) is 9.83. The average molecular weight is 234 g/mol. The molecule has 1 aromatic carbocycles.